The van der Waals surface area contributed by atoms with E-state index in [2.05, 4.69) is 0 Å². The zero-order valence-electron chi connectivity index (χ0n) is 11.8. The number of hydrogen-bond donors (Lipinski definition) is 2. The van der Waals surface area contributed by atoms with E-state index >= 15 is 0 Å². The molecule has 2 N–H and O–H groups in total. The molecule has 0 aromatic heterocycles. The van der Waals surface area contributed by atoms with Crippen LogP contribution in [0.5, 0.6) is 5.75 Å². The van der Waals surface area contributed by atoms with Crippen LogP contribution in [0.4, 0.5) is 13.2 Å². The number of alkyl halides is 3. The molecule has 2 aromatic carbocycles. The van der Waals surface area contributed by atoms with Crippen LogP contribution in [0.1, 0.15) is 15.9 Å². The van der Waals surface area contributed by atoms with Crippen LogP contribution in [0.2, 0.25) is 0 Å². The molecule has 122 valence electrons. The van der Waals surface area contributed by atoms with Gasteiger partial charge in [0, 0.05) is 5.56 Å². The number of halogens is 3. The Balaban J connectivity index is 2.42. The maximum absolute atomic E-state index is 12.6. The van der Waals surface area contributed by atoms with Gasteiger partial charge in [-0.15, -0.1) is 0 Å². The summed E-state index contributed by atoms with van der Waals surface area (Å²) >= 11 is 0. The van der Waals surface area contributed by atoms with Crippen LogP contribution in [-0.2, 0) is 6.18 Å². The second kappa shape index (κ2) is 6.70. The Hall–Kier alpha value is -2.54. The van der Waals surface area contributed by atoms with Crippen molar-refractivity contribution in [3.63, 3.8) is 0 Å². The van der Waals surface area contributed by atoms with Crippen LogP contribution >= 0.6 is 0 Å². The summed E-state index contributed by atoms with van der Waals surface area (Å²) in [6, 6.07) is 8.51. The third kappa shape index (κ3) is 4.01. The highest BCUT2D eigenvalue weighted by molar-refractivity contribution is 5.89. The molecule has 0 aliphatic rings. The van der Waals surface area contributed by atoms with Gasteiger partial charge in [-0.2, -0.15) is 13.2 Å². The van der Waals surface area contributed by atoms with Gasteiger partial charge in [-0.3, -0.25) is 0 Å². The molecule has 0 spiro atoms. The smallest absolute Gasteiger partial charge is 0.416 e. The molecule has 0 heterocycles. The highest BCUT2D eigenvalue weighted by atomic mass is 19.4. The largest absolute Gasteiger partial charge is 0.491 e. The lowest BCUT2D eigenvalue weighted by Gasteiger charge is -2.13. The standard InChI is InChI=1S/C16H13F3O4/c17-16(18,19)12-4-1-10(2-5-12)13-6-3-11(15(21)22)9-14(13)23-8-7-20/h1-6,9,20H,7-8H2,(H,21,22). The number of carbonyl (C=O) groups is 1. The van der Waals surface area contributed by atoms with Crippen molar-refractivity contribution < 1.29 is 32.9 Å². The number of hydrogen-bond acceptors (Lipinski definition) is 3. The quantitative estimate of drug-likeness (QED) is 0.883. The monoisotopic (exact) mass is 326 g/mol. The van der Waals surface area contributed by atoms with Crippen molar-refractivity contribution in [3.05, 3.63) is 53.6 Å². The molecular weight excluding hydrogens is 313 g/mol. The molecule has 0 atom stereocenters. The predicted octanol–water partition coefficient (Wildman–Crippen LogP) is 3.44. The molecule has 0 unspecified atom stereocenters. The highest BCUT2D eigenvalue weighted by Crippen LogP contribution is 2.34. The first kappa shape index (κ1) is 16.8. The summed E-state index contributed by atoms with van der Waals surface area (Å²) in [4.78, 5) is 11.0. The summed E-state index contributed by atoms with van der Waals surface area (Å²) < 4.78 is 43.1. The van der Waals surface area contributed by atoms with E-state index in [4.69, 9.17) is 14.9 Å². The molecule has 2 rings (SSSR count). The number of benzene rings is 2. The van der Waals surface area contributed by atoms with Gasteiger partial charge in [-0.25, -0.2) is 4.79 Å². The number of carboxylic acids is 1. The van der Waals surface area contributed by atoms with E-state index in [0.717, 1.165) is 12.1 Å². The fourth-order valence-electron chi connectivity index (χ4n) is 2.01. The summed E-state index contributed by atoms with van der Waals surface area (Å²) in [5.74, 6) is -0.975. The first-order valence-corrected chi connectivity index (χ1v) is 6.61. The van der Waals surface area contributed by atoms with Crippen LogP contribution in [-0.4, -0.2) is 29.4 Å². The average molecular weight is 326 g/mol. The molecule has 0 bridgehead atoms. The fourth-order valence-corrected chi connectivity index (χ4v) is 2.01. The highest BCUT2D eigenvalue weighted by Gasteiger charge is 2.30. The zero-order chi connectivity index (χ0) is 17.0. The summed E-state index contributed by atoms with van der Waals surface area (Å²) in [7, 11) is 0. The van der Waals surface area contributed by atoms with E-state index in [1.54, 1.807) is 0 Å². The summed E-state index contributed by atoms with van der Waals surface area (Å²) in [5.41, 5.74) is 0.0925. The lowest BCUT2D eigenvalue weighted by atomic mass is 10.0. The lowest BCUT2D eigenvalue weighted by molar-refractivity contribution is -0.137. The van der Waals surface area contributed by atoms with Crippen LogP contribution in [0.25, 0.3) is 11.1 Å². The molecule has 0 fully saturated rings. The van der Waals surface area contributed by atoms with Gasteiger partial charge in [0.15, 0.2) is 0 Å². The Bertz CT molecular complexity index is 693. The van der Waals surface area contributed by atoms with Crippen molar-refractivity contribution in [1.82, 2.24) is 0 Å². The van der Waals surface area contributed by atoms with E-state index in [9.17, 15) is 18.0 Å². The van der Waals surface area contributed by atoms with Crippen molar-refractivity contribution in [3.8, 4) is 16.9 Å². The van der Waals surface area contributed by atoms with Gasteiger partial charge in [-0.1, -0.05) is 12.1 Å². The van der Waals surface area contributed by atoms with E-state index in [1.165, 1.54) is 30.3 Å². The van der Waals surface area contributed by atoms with E-state index in [1.807, 2.05) is 0 Å². The van der Waals surface area contributed by atoms with E-state index in [0.29, 0.717) is 11.1 Å². The van der Waals surface area contributed by atoms with Crippen LogP contribution in [0.3, 0.4) is 0 Å². The van der Waals surface area contributed by atoms with E-state index < -0.39 is 17.7 Å². The van der Waals surface area contributed by atoms with Gasteiger partial charge in [0.1, 0.15) is 12.4 Å². The molecule has 0 aliphatic heterocycles. The maximum atomic E-state index is 12.6. The number of aromatic carboxylic acids is 1. The number of rotatable bonds is 5. The minimum Gasteiger partial charge on any atom is -0.491 e. The minimum atomic E-state index is -4.43. The van der Waals surface area contributed by atoms with Crippen LogP contribution in [0.15, 0.2) is 42.5 Å². The van der Waals surface area contributed by atoms with E-state index in [-0.39, 0.29) is 24.5 Å². The molecule has 0 saturated heterocycles. The summed E-state index contributed by atoms with van der Waals surface area (Å²) in [6.07, 6.45) is -4.43. The third-order valence-corrected chi connectivity index (χ3v) is 3.10. The fraction of sp³-hybridized carbons (Fsp3) is 0.188. The second-order valence-corrected chi connectivity index (χ2v) is 4.66. The zero-order valence-corrected chi connectivity index (χ0v) is 11.8. The van der Waals surface area contributed by atoms with Crippen molar-refractivity contribution in [1.29, 1.82) is 0 Å². The van der Waals surface area contributed by atoms with Crippen molar-refractivity contribution >= 4 is 5.97 Å². The molecule has 4 nitrogen and oxygen atoms in total. The third-order valence-electron chi connectivity index (χ3n) is 3.10. The molecule has 0 aliphatic carbocycles. The molecular formula is C16H13F3O4. The Morgan fingerprint density at radius 1 is 1.09 bits per heavy atom. The Morgan fingerprint density at radius 2 is 1.74 bits per heavy atom. The molecule has 2 aromatic rings. The molecule has 0 radical (unpaired) electrons. The van der Waals surface area contributed by atoms with Crippen LogP contribution in [0, 0.1) is 0 Å². The SMILES string of the molecule is O=C(O)c1ccc(-c2ccc(C(F)(F)F)cc2)c(OCCO)c1. The number of ether oxygens (including phenoxy) is 1. The van der Waals surface area contributed by atoms with Gasteiger partial charge >= 0.3 is 12.1 Å². The molecule has 23 heavy (non-hydrogen) atoms. The number of carboxylic acid groups (broad SMARTS) is 1. The summed E-state index contributed by atoms with van der Waals surface area (Å²) in [5, 5.41) is 17.8. The first-order chi connectivity index (χ1) is 10.8. The molecule has 0 saturated carbocycles. The first-order valence-electron chi connectivity index (χ1n) is 6.61. The second-order valence-electron chi connectivity index (χ2n) is 4.66. The topological polar surface area (TPSA) is 66.8 Å². The van der Waals surface area contributed by atoms with Crippen LogP contribution < -0.4 is 4.74 Å². The Labute approximate surface area is 129 Å². The Morgan fingerprint density at radius 3 is 2.26 bits per heavy atom. The van der Waals surface area contributed by atoms with Crippen molar-refractivity contribution in [2.24, 2.45) is 0 Å². The predicted molar refractivity (Wildman–Crippen MR) is 76.4 cm³/mol. The van der Waals surface area contributed by atoms with Gasteiger partial charge < -0.3 is 14.9 Å². The van der Waals surface area contributed by atoms with Gasteiger partial charge in [0.2, 0.25) is 0 Å². The van der Waals surface area contributed by atoms with Crippen molar-refractivity contribution in [2.75, 3.05) is 13.2 Å². The number of aliphatic hydroxyl groups excluding tert-OH is 1. The lowest BCUT2D eigenvalue weighted by Crippen LogP contribution is -2.05. The normalized spacial score (nSPS) is 11.3. The van der Waals surface area contributed by atoms with Gasteiger partial charge in [0.05, 0.1) is 17.7 Å². The van der Waals surface area contributed by atoms with Gasteiger partial charge in [-0.05, 0) is 35.9 Å². The summed E-state index contributed by atoms with van der Waals surface area (Å²) in [6.45, 7) is -0.333. The number of aliphatic hydroxyl groups is 1. The maximum Gasteiger partial charge on any atom is 0.416 e. The average Bonchev–Trinajstić information content (AvgIpc) is 2.52. The molecule has 7 heteroatoms. The Kier molecular flexibility index (Phi) is 4.90. The van der Waals surface area contributed by atoms with Crippen molar-refractivity contribution in [2.45, 2.75) is 6.18 Å². The van der Waals surface area contributed by atoms with Gasteiger partial charge in [0.25, 0.3) is 0 Å². The molecule has 0 amide bonds. The minimum absolute atomic E-state index is 0.0198.